The molecule has 0 saturated heterocycles. The highest BCUT2D eigenvalue weighted by Gasteiger charge is 2.17. The lowest BCUT2D eigenvalue weighted by atomic mass is 9.86. The second-order valence-corrected chi connectivity index (χ2v) is 12.1. The molecule has 2 aromatic heterocycles. The summed E-state index contributed by atoms with van der Waals surface area (Å²) in [6.07, 6.45) is 0. The van der Waals surface area contributed by atoms with Crippen LogP contribution in [0.3, 0.4) is 0 Å². The number of para-hydroxylation sites is 2. The molecule has 2 heteroatoms. The van der Waals surface area contributed by atoms with E-state index in [1.165, 1.54) is 53.9 Å². The Balaban J connectivity index is 1.35. The Hall–Kier alpha value is -6.12. The van der Waals surface area contributed by atoms with Gasteiger partial charge in [-0.25, -0.2) is 9.97 Å². The van der Waals surface area contributed by atoms with Gasteiger partial charge < -0.3 is 0 Å². The summed E-state index contributed by atoms with van der Waals surface area (Å²) in [7, 11) is 0. The van der Waals surface area contributed by atoms with Gasteiger partial charge in [0.2, 0.25) is 0 Å². The van der Waals surface area contributed by atoms with Crippen molar-refractivity contribution >= 4 is 75.7 Å². The topological polar surface area (TPSA) is 25.8 Å². The van der Waals surface area contributed by atoms with E-state index in [-0.39, 0.29) is 0 Å². The van der Waals surface area contributed by atoms with E-state index in [9.17, 15) is 0 Å². The van der Waals surface area contributed by atoms with E-state index in [2.05, 4.69) is 158 Å². The minimum absolute atomic E-state index is 0.983. The predicted molar refractivity (Wildman–Crippen MR) is 195 cm³/mol. The Morgan fingerprint density at radius 1 is 0.283 bits per heavy atom. The minimum Gasteiger partial charge on any atom is -0.248 e. The molecule has 46 heavy (non-hydrogen) atoms. The van der Waals surface area contributed by atoms with Crippen LogP contribution in [0, 0.1) is 0 Å². The van der Waals surface area contributed by atoms with Crippen molar-refractivity contribution in [3.8, 4) is 22.5 Å². The van der Waals surface area contributed by atoms with Gasteiger partial charge in [-0.3, -0.25) is 0 Å². The molecule has 2 nitrogen and oxygen atoms in total. The number of nitrogens with zero attached hydrogens (tertiary/aromatic N) is 2. The molecule has 0 unspecified atom stereocenters. The maximum Gasteiger partial charge on any atom is 0.0709 e. The monoisotopic (exact) mass is 582 g/mol. The SMILES string of the molecule is c1ccc2nc(-c3ccc4c5ccccc5c5c6cc(-c7ccc8ccccc8n7)ccc6c6ccccc6c5c4c3)ccc2c1. The molecule has 0 aliphatic carbocycles. The predicted octanol–water partition coefficient (Wildman–Crippen LogP) is 11.9. The van der Waals surface area contributed by atoms with Gasteiger partial charge in [-0.15, -0.1) is 0 Å². The van der Waals surface area contributed by atoms with Gasteiger partial charge in [0.25, 0.3) is 0 Å². The van der Waals surface area contributed by atoms with E-state index in [0.717, 1.165) is 44.3 Å². The summed E-state index contributed by atoms with van der Waals surface area (Å²) in [5, 5.41) is 14.9. The third-order valence-corrected chi connectivity index (χ3v) is 9.59. The second-order valence-electron chi connectivity index (χ2n) is 12.1. The zero-order valence-electron chi connectivity index (χ0n) is 24.9. The van der Waals surface area contributed by atoms with Crippen LogP contribution in [-0.2, 0) is 0 Å². The largest absolute Gasteiger partial charge is 0.248 e. The molecular formula is C44H26N2. The van der Waals surface area contributed by atoms with Crippen molar-refractivity contribution in [1.29, 1.82) is 0 Å². The van der Waals surface area contributed by atoms with Gasteiger partial charge in [0.15, 0.2) is 0 Å². The van der Waals surface area contributed by atoms with Crippen LogP contribution in [0.15, 0.2) is 158 Å². The minimum atomic E-state index is 0.983. The fourth-order valence-electron chi connectivity index (χ4n) is 7.44. The highest BCUT2D eigenvalue weighted by atomic mass is 14.7. The number of aromatic nitrogens is 2. The van der Waals surface area contributed by atoms with Crippen molar-refractivity contribution in [2.24, 2.45) is 0 Å². The van der Waals surface area contributed by atoms with Gasteiger partial charge >= 0.3 is 0 Å². The van der Waals surface area contributed by atoms with Gasteiger partial charge in [0, 0.05) is 21.9 Å². The summed E-state index contributed by atoms with van der Waals surface area (Å²) in [5.74, 6) is 0. The summed E-state index contributed by atoms with van der Waals surface area (Å²) in [6, 6.07) is 56.7. The number of pyridine rings is 2. The fraction of sp³-hybridized carbons (Fsp3) is 0. The van der Waals surface area contributed by atoms with Crippen molar-refractivity contribution in [1.82, 2.24) is 9.97 Å². The Morgan fingerprint density at radius 2 is 0.674 bits per heavy atom. The molecule has 8 aromatic carbocycles. The summed E-state index contributed by atoms with van der Waals surface area (Å²) in [5.41, 5.74) is 6.22. The molecule has 0 bridgehead atoms. The van der Waals surface area contributed by atoms with Crippen molar-refractivity contribution in [2.45, 2.75) is 0 Å². The van der Waals surface area contributed by atoms with E-state index in [1.807, 2.05) is 0 Å². The quantitative estimate of drug-likeness (QED) is 0.190. The lowest BCUT2D eigenvalue weighted by molar-refractivity contribution is 1.40. The molecule has 0 amide bonds. The van der Waals surface area contributed by atoms with Crippen LogP contribution in [0.2, 0.25) is 0 Å². The molecule has 2 heterocycles. The summed E-state index contributed by atoms with van der Waals surface area (Å²) < 4.78 is 0. The van der Waals surface area contributed by atoms with Gasteiger partial charge in [0.05, 0.1) is 22.4 Å². The fourth-order valence-corrected chi connectivity index (χ4v) is 7.44. The third kappa shape index (κ3) is 3.71. The lowest BCUT2D eigenvalue weighted by Crippen LogP contribution is -1.91. The van der Waals surface area contributed by atoms with Crippen LogP contribution >= 0.6 is 0 Å². The Bertz CT molecular complexity index is 2670. The van der Waals surface area contributed by atoms with Crippen molar-refractivity contribution in [3.63, 3.8) is 0 Å². The molecule has 0 aliphatic heterocycles. The van der Waals surface area contributed by atoms with Crippen LogP contribution in [-0.4, -0.2) is 9.97 Å². The summed E-state index contributed by atoms with van der Waals surface area (Å²) in [4.78, 5) is 10.1. The van der Waals surface area contributed by atoms with E-state index >= 15 is 0 Å². The first-order chi connectivity index (χ1) is 22.8. The van der Waals surface area contributed by atoms with Crippen LogP contribution in [0.5, 0.6) is 0 Å². The zero-order chi connectivity index (χ0) is 30.2. The van der Waals surface area contributed by atoms with Gasteiger partial charge in [-0.05, 0) is 90.3 Å². The van der Waals surface area contributed by atoms with E-state index in [4.69, 9.17) is 9.97 Å². The summed E-state index contributed by atoms with van der Waals surface area (Å²) >= 11 is 0. The van der Waals surface area contributed by atoms with Gasteiger partial charge in [0.1, 0.15) is 0 Å². The standard InChI is InChI=1S/C44H26N2/c1-7-15-39-27(9-1)19-23-41(45-39)29-17-21-33-31-11-3-6-14-36(31)44-38-26-30(42-24-20-28-10-2-8-16-40(28)46-42)18-22-34(38)32-12-4-5-13-35(32)43(44)37(33)25-29/h1-26H. The first-order valence-electron chi connectivity index (χ1n) is 15.8. The first-order valence-corrected chi connectivity index (χ1v) is 15.8. The van der Waals surface area contributed by atoms with Crippen LogP contribution in [0.4, 0.5) is 0 Å². The Kier molecular flexibility index (Phi) is 5.31. The molecule has 212 valence electrons. The van der Waals surface area contributed by atoms with E-state index in [0.29, 0.717) is 0 Å². The average molecular weight is 583 g/mol. The molecule has 10 rings (SSSR count). The molecule has 0 N–H and O–H groups in total. The molecule has 0 spiro atoms. The molecule has 10 aromatic rings. The lowest BCUT2D eigenvalue weighted by Gasteiger charge is -2.18. The molecular weight excluding hydrogens is 556 g/mol. The Labute approximate surface area is 265 Å². The average Bonchev–Trinajstić information content (AvgIpc) is 3.13. The van der Waals surface area contributed by atoms with Crippen molar-refractivity contribution in [2.75, 3.05) is 0 Å². The number of hydrogen-bond donors (Lipinski definition) is 0. The maximum absolute atomic E-state index is 5.07. The highest BCUT2D eigenvalue weighted by molar-refractivity contribution is 6.39. The van der Waals surface area contributed by atoms with Gasteiger partial charge in [-0.2, -0.15) is 0 Å². The van der Waals surface area contributed by atoms with Crippen LogP contribution < -0.4 is 0 Å². The van der Waals surface area contributed by atoms with Gasteiger partial charge in [-0.1, -0.05) is 121 Å². The highest BCUT2D eigenvalue weighted by Crippen LogP contribution is 2.45. The molecule has 0 radical (unpaired) electrons. The maximum atomic E-state index is 5.07. The Morgan fingerprint density at radius 3 is 1.15 bits per heavy atom. The third-order valence-electron chi connectivity index (χ3n) is 9.59. The molecule has 0 aliphatic rings. The number of fused-ring (bicyclic) bond motifs is 13. The van der Waals surface area contributed by atoms with Crippen LogP contribution in [0.25, 0.3) is 98.2 Å². The number of benzene rings is 8. The number of rotatable bonds is 2. The first kappa shape index (κ1) is 25.2. The van der Waals surface area contributed by atoms with Crippen molar-refractivity contribution in [3.05, 3.63) is 158 Å². The van der Waals surface area contributed by atoms with E-state index < -0.39 is 0 Å². The van der Waals surface area contributed by atoms with E-state index in [1.54, 1.807) is 0 Å². The normalized spacial score (nSPS) is 11.9. The van der Waals surface area contributed by atoms with Crippen LogP contribution in [0.1, 0.15) is 0 Å². The van der Waals surface area contributed by atoms with Crippen molar-refractivity contribution < 1.29 is 0 Å². The molecule has 0 fully saturated rings. The zero-order valence-corrected chi connectivity index (χ0v) is 24.9. The number of hydrogen-bond acceptors (Lipinski definition) is 2. The molecule has 0 saturated carbocycles. The molecule has 0 atom stereocenters. The smallest absolute Gasteiger partial charge is 0.0709 e. The second kappa shape index (κ2) is 9.69. The summed E-state index contributed by atoms with van der Waals surface area (Å²) in [6.45, 7) is 0.